The topological polar surface area (TPSA) is 90.7 Å². The van der Waals surface area contributed by atoms with Gasteiger partial charge in [-0.05, 0) is 24.7 Å². The Morgan fingerprint density at radius 1 is 0.867 bits per heavy atom. The fourth-order valence-electron chi connectivity index (χ4n) is 2.95. The lowest BCUT2D eigenvalue weighted by Crippen LogP contribution is -2.06. The second kappa shape index (κ2) is 3.05. The maximum Gasteiger partial charge on any atom is 0.225 e. The van der Waals surface area contributed by atoms with Gasteiger partial charge in [-0.3, -0.25) is 0 Å². The van der Waals surface area contributed by atoms with Crippen LogP contribution in [0, 0.1) is 11.8 Å². The molecule has 2 saturated carbocycles. The second-order valence-electron chi connectivity index (χ2n) is 4.55. The Morgan fingerprint density at radius 3 is 1.93 bits per heavy atom. The molecule has 0 aromatic carbocycles. The number of nitrogen functional groups attached to an aromatic ring is 2. The lowest BCUT2D eigenvalue weighted by atomic mass is 10.0. The van der Waals surface area contributed by atoms with E-state index in [1.807, 2.05) is 0 Å². The van der Waals surface area contributed by atoms with Gasteiger partial charge in [0, 0.05) is 5.92 Å². The number of nitrogens with two attached hydrogens (primary N) is 2. The van der Waals surface area contributed by atoms with Crippen LogP contribution in [0.4, 0.5) is 11.9 Å². The Bertz CT molecular complexity index is 359. The summed E-state index contributed by atoms with van der Waals surface area (Å²) in [4.78, 5) is 12.2. The average Bonchev–Trinajstić information content (AvgIpc) is 2.89. The first-order chi connectivity index (χ1) is 7.25. The zero-order chi connectivity index (χ0) is 10.4. The van der Waals surface area contributed by atoms with E-state index in [-0.39, 0.29) is 11.9 Å². The minimum absolute atomic E-state index is 0.251. The van der Waals surface area contributed by atoms with Gasteiger partial charge in [0.2, 0.25) is 11.9 Å². The predicted octanol–water partition coefficient (Wildman–Crippen LogP) is 0.940. The lowest BCUT2D eigenvalue weighted by molar-refractivity contribution is 0.480. The van der Waals surface area contributed by atoms with Crippen LogP contribution in [-0.4, -0.2) is 15.0 Å². The average molecular weight is 205 g/mol. The molecule has 1 aromatic heterocycles. The molecule has 0 spiro atoms. The molecule has 0 aliphatic heterocycles. The van der Waals surface area contributed by atoms with E-state index >= 15 is 0 Å². The van der Waals surface area contributed by atoms with E-state index in [0.717, 1.165) is 17.7 Å². The van der Waals surface area contributed by atoms with E-state index in [0.29, 0.717) is 5.92 Å². The third-order valence-corrected chi connectivity index (χ3v) is 3.64. The Hall–Kier alpha value is -1.39. The Kier molecular flexibility index (Phi) is 1.81. The van der Waals surface area contributed by atoms with Crippen molar-refractivity contribution in [3.63, 3.8) is 0 Å². The number of fused-ring (bicyclic) bond motifs is 1. The van der Waals surface area contributed by atoms with Gasteiger partial charge in [-0.1, -0.05) is 12.8 Å². The molecule has 4 N–H and O–H groups in total. The van der Waals surface area contributed by atoms with Gasteiger partial charge in [0.25, 0.3) is 0 Å². The van der Waals surface area contributed by atoms with Crippen molar-refractivity contribution in [1.82, 2.24) is 15.0 Å². The third kappa shape index (κ3) is 1.42. The Balaban J connectivity index is 1.88. The Morgan fingerprint density at radius 2 is 1.40 bits per heavy atom. The fraction of sp³-hybridized carbons (Fsp3) is 0.700. The molecular weight excluding hydrogens is 190 g/mol. The summed E-state index contributed by atoms with van der Waals surface area (Å²) in [5, 5.41) is 0. The van der Waals surface area contributed by atoms with Crippen molar-refractivity contribution in [3.05, 3.63) is 5.82 Å². The van der Waals surface area contributed by atoms with Crippen molar-refractivity contribution >= 4 is 11.9 Å². The van der Waals surface area contributed by atoms with E-state index in [1.54, 1.807) is 0 Å². The summed E-state index contributed by atoms with van der Waals surface area (Å²) in [5.41, 5.74) is 11.1. The van der Waals surface area contributed by atoms with E-state index in [2.05, 4.69) is 15.0 Å². The fourth-order valence-corrected chi connectivity index (χ4v) is 2.95. The molecule has 0 amide bonds. The quantitative estimate of drug-likeness (QED) is 0.712. The highest BCUT2D eigenvalue weighted by Gasteiger charge is 2.53. The molecule has 0 saturated heterocycles. The van der Waals surface area contributed by atoms with Crippen molar-refractivity contribution in [2.75, 3.05) is 11.5 Å². The standard InChI is InChI=1S/C10H15N5/c11-9-13-8(14-10(12)15-9)7-5-3-1-2-4-6(5)7/h5-7H,1-4H2,(H4,11,12,13,14,15). The highest BCUT2D eigenvalue weighted by molar-refractivity contribution is 5.30. The molecular formula is C10H15N5. The zero-order valence-corrected chi connectivity index (χ0v) is 8.56. The molecule has 2 unspecified atom stereocenters. The SMILES string of the molecule is Nc1nc(N)nc(C2C3CCCCC32)n1. The van der Waals surface area contributed by atoms with Crippen LogP contribution >= 0.6 is 0 Å². The molecule has 2 atom stereocenters. The second-order valence-corrected chi connectivity index (χ2v) is 4.55. The Labute approximate surface area is 88.3 Å². The summed E-state index contributed by atoms with van der Waals surface area (Å²) in [7, 11) is 0. The van der Waals surface area contributed by atoms with Crippen LogP contribution in [-0.2, 0) is 0 Å². The van der Waals surface area contributed by atoms with Gasteiger partial charge in [-0.2, -0.15) is 15.0 Å². The normalized spacial score (nSPS) is 33.5. The first-order valence-electron chi connectivity index (χ1n) is 5.52. The molecule has 2 aliphatic rings. The third-order valence-electron chi connectivity index (χ3n) is 3.64. The maximum atomic E-state index is 5.57. The molecule has 3 rings (SSSR count). The molecule has 0 radical (unpaired) electrons. The van der Waals surface area contributed by atoms with Crippen molar-refractivity contribution in [1.29, 1.82) is 0 Å². The smallest absolute Gasteiger partial charge is 0.225 e. The van der Waals surface area contributed by atoms with Crippen molar-refractivity contribution in [3.8, 4) is 0 Å². The highest BCUT2D eigenvalue weighted by Crippen LogP contribution is 2.60. The van der Waals surface area contributed by atoms with Crippen LogP contribution in [0.3, 0.4) is 0 Å². The van der Waals surface area contributed by atoms with Crippen LogP contribution < -0.4 is 11.5 Å². The van der Waals surface area contributed by atoms with Crippen molar-refractivity contribution < 1.29 is 0 Å². The maximum absolute atomic E-state index is 5.57. The van der Waals surface area contributed by atoms with Crippen LogP contribution in [0.2, 0.25) is 0 Å². The van der Waals surface area contributed by atoms with Crippen molar-refractivity contribution in [2.24, 2.45) is 11.8 Å². The number of rotatable bonds is 1. The van der Waals surface area contributed by atoms with E-state index < -0.39 is 0 Å². The number of anilines is 2. The van der Waals surface area contributed by atoms with E-state index in [4.69, 9.17) is 11.5 Å². The lowest BCUT2D eigenvalue weighted by Gasteiger charge is -2.04. The summed E-state index contributed by atoms with van der Waals surface area (Å²) in [6.45, 7) is 0. The first-order valence-corrected chi connectivity index (χ1v) is 5.52. The molecule has 1 heterocycles. The van der Waals surface area contributed by atoms with Crippen LogP contribution in [0.1, 0.15) is 37.4 Å². The minimum Gasteiger partial charge on any atom is -0.368 e. The number of hydrogen-bond acceptors (Lipinski definition) is 5. The molecule has 2 fully saturated rings. The highest BCUT2D eigenvalue weighted by atomic mass is 15.1. The molecule has 5 heteroatoms. The van der Waals surface area contributed by atoms with E-state index in [1.165, 1.54) is 25.7 Å². The minimum atomic E-state index is 0.251. The summed E-state index contributed by atoms with van der Waals surface area (Å²) in [5.74, 6) is 3.37. The van der Waals surface area contributed by atoms with Crippen LogP contribution in [0.15, 0.2) is 0 Å². The van der Waals surface area contributed by atoms with E-state index in [9.17, 15) is 0 Å². The summed E-state index contributed by atoms with van der Waals surface area (Å²) in [6, 6.07) is 0. The molecule has 5 nitrogen and oxygen atoms in total. The zero-order valence-electron chi connectivity index (χ0n) is 8.56. The largest absolute Gasteiger partial charge is 0.368 e. The van der Waals surface area contributed by atoms with Gasteiger partial charge in [0.1, 0.15) is 5.82 Å². The van der Waals surface area contributed by atoms with Gasteiger partial charge < -0.3 is 11.5 Å². The molecule has 0 bridgehead atoms. The number of hydrogen-bond donors (Lipinski definition) is 2. The number of nitrogens with zero attached hydrogens (tertiary/aromatic N) is 3. The summed E-state index contributed by atoms with van der Waals surface area (Å²) >= 11 is 0. The van der Waals surface area contributed by atoms with Crippen LogP contribution in [0.25, 0.3) is 0 Å². The molecule has 2 aliphatic carbocycles. The van der Waals surface area contributed by atoms with Crippen molar-refractivity contribution in [2.45, 2.75) is 31.6 Å². The van der Waals surface area contributed by atoms with Gasteiger partial charge in [-0.15, -0.1) is 0 Å². The van der Waals surface area contributed by atoms with Gasteiger partial charge in [0.15, 0.2) is 0 Å². The molecule has 80 valence electrons. The summed E-state index contributed by atoms with van der Waals surface area (Å²) < 4.78 is 0. The first kappa shape index (κ1) is 8.88. The predicted molar refractivity (Wildman–Crippen MR) is 56.8 cm³/mol. The van der Waals surface area contributed by atoms with Crippen LogP contribution in [0.5, 0.6) is 0 Å². The molecule has 1 aromatic rings. The van der Waals surface area contributed by atoms with Gasteiger partial charge >= 0.3 is 0 Å². The number of aromatic nitrogens is 3. The molecule has 15 heavy (non-hydrogen) atoms. The van der Waals surface area contributed by atoms with Gasteiger partial charge in [-0.25, -0.2) is 0 Å². The monoisotopic (exact) mass is 205 g/mol. The summed E-state index contributed by atoms with van der Waals surface area (Å²) in [6.07, 6.45) is 5.29. The van der Waals surface area contributed by atoms with Gasteiger partial charge in [0.05, 0.1) is 0 Å².